The molecule has 0 atom stereocenters. The summed E-state index contributed by atoms with van der Waals surface area (Å²) in [5.74, 6) is -16.7. The van der Waals surface area contributed by atoms with Gasteiger partial charge in [0.15, 0.2) is 0 Å². The molecule has 0 aromatic heterocycles. The van der Waals surface area contributed by atoms with E-state index in [4.69, 9.17) is 0 Å². The van der Waals surface area contributed by atoms with Gasteiger partial charge in [-0.3, -0.25) is 0 Å². The molecule has 0 spiro atoms. The summed E-state index contributed by atoms with van der Waals surface area (Å²) in [6, 6.07) is 0. The van der Waals surface area contributed by atoms with E-state index < -0.39 is 35.6 Å². The Morgan fingerprint density at radius 1 is 0.800 bits per heavy atom. The second kappa shape index (κ2) is 2.62. The quantitative estimate of drug-likeness (QED) is 0.452. The number of allylic oxidation sites excluding steroid dienone is 2. The molecule has 15 heavy (non-hydrogen) atoms. The lowest BCUT2D eigenvalue weighted by Gasteiger charge is -2.45. The van der Waals surface area contributed by atoms with Gasteiger partial charge in [-0.25, -0.2) is 0 Å². The minimum Gasteiger partial charge on any atom is -0.194 e. The highest BCUT2D eigenvalue weighted by Gasteiger charge is 2.88. The molecular weight excluding hydrogens is 243 g/mol. The van der Waals surface area contributed by atoms with Crippen LogP contribution in [0, 0.1) is 0 Å². The van der Waals surface area contributed by atoms with Crippen molar-refractivity contribution >= 4 is 0 Å². The zero-order valence-electron chi connectivity index (χ0n) is 6.48. The molecule has 1 saturated carbocycles. The number of alkyl halides is 9. The highest BCUT2D eigenvalue weighted by Crippen LogP contribution is 2.64. The number of hydrogen-bond donors (Lipinski definition) is 0. The van der Waals surface area contributed by atoms with E-state index in [1.165, 1.54) is 0 Å². The van der Waals surface area contributed by atoms with E-state index in [1.807, 2.05) is 0 Å². The third kappa shape index (κ3) is 1.39. The first kappa shape index (κ1) is 12.2. The predicted octanol–water partition coefficient (Wildman–Crippen LogP) is 3.39. The maximum Gasteiger partial charge on any atom is 0.410 e. The van der Waals surface area contributed by atoms with Crippen LogP contribution in [0.1, 0.15) is 0 Å². The fraction of sp³-hybridized carbons (Fsp3) is 0.667. The Kier molecular flexibility index (Phi) is 2.12. The summed E-state index contributed by atoms with van der Waals surface area (Å²) in [5, 5.41) is 0. The summed E-state index contributed by atoms with van der Waals surface area (Å²) in [7, 11) is 0. The zero-order valence-corrected chi connectivity index (χ0v) is 6.48. The molecule has 1 aliphatic rings. The van der Waals surface area contributed by atoms with E-state index in [0.717, 1.165) is 0 Å². The Hall–Kier alpha value is -0.890. The van der Waals surface area contributed by atoms with Gasteiger partial charge >= 0.3 is 23.9 Å². The van der Waals surface area contributed by atoms with Crippen LogP contribution in [-0.4, -0.2) is 23.9 Å². The SMILES string of the molecule is FC(F)(F)C=C1C(F)(F)C(F)(F)C1(F)F. The highest BCUT2D eigenvalue weighted by molar-refractivity contribution is 5.41. The predicted molar refractivity (Wildman–Crippen MR) is 29.0 cm³/mol. The molecule has 0 nitrogen and oxygen atoms in total. The van der Waals surface area contributed by atoms with Gasteiger partial charge in [-0.05, 0) is 0 Å². The van der Waals surface area contributed by atoms with Crippen molar-refractivity contribution in [3.05, 3.63) is 11.6 Å². The van der Waals surface area contributed by atoms with Crippen molar-refractivity contribution in [2.75, 3.05) is 0 Å². The molecule has 0 amide bonds. The molecule has 0 heterocycles. The Labute approximate surface area is 76.4 Å². The molecule has 1 rings (SSSR count). The van der Waals surface area contributed by atoms with Gasteiger partial charge in [0.05, 0.1) is 5.57 Å². The van der Waals surface area contributed by atoms with Gasteiger partial charge in [-0.2, -0.15) is 39.5 Å². The molecule has 0 aromatic carbocycles. The summed E-state index contributed by atoms with van der Waals surface area (Å²) in [6.07, 6.45) is -7.00. The minimum absolute atomic E-state index is 1.50. The smallest absolute Gasteiger partial charge is 0.194 e. The third-order valence-electron chi connectivity index (χ3n) is 1.77. The van der Waals surface area contributed by atoms with Crippen LogP contribution in [0.25, 0.3) is 0 Å². The van der Waals surface area contributed by atoms with E-state index >= 15 is 0 Å². The molecular formula is C6HF9. The summed E-state index contributed by atoms with van der Waals surface area (Å²) >= 11 is 0. The minimum atomic E-state index is -5.78. The van der Waals surface area contributed by atoms with Gasteiger partial charge < -0.3 is 0 Å². The van der Waals surface area contributed by atoms with Crippen molar-refractivity contribution < 1.29 is 39.5 Å². The average Bonchev–Trinajstić information content (AvgIpc) is 1.96. The van der Waals surface area contributed by atoms with E-state index in [1.54, 1.807) is 0 Å². The Morgan fingerprint density at radius 3 is 1.40 bits per heavy atom. The van der Waals surface area contributed by atoms with Crippen molar-refractivity contribution in [3.8, 4) is 0 Å². The standard InChI is InChI=1S/C6HF9/c7-3(8,9)1-2-4(10,11)6(14,15)5(2,12)13/h1H. The van der Waals surface area contributed by atoms with Gasteiger partial charge in [-0.1, -0.05) is 0 Å². The second-order valence-corrected chi connectivity index (χ2v) is 2.82. The first-order chi connectivity index (χ1) is 6.34. The molecule has 1 fully saturated rings. The Bertz CT molecular complexity index is 287. The molecule has 0 bridgehead atoms. The molecule has 9 heteroatoms. The maximum absolute atomic E-state index is 12.2. The third-order valence-corrected chi connectivity index (χ3v) is 1.77. The largest absolute Gasteiger partial charge is 0.410 e. The first-order valence-electron chi connectivity index (χ1n) is 3.28. The topological polar surface area (TPSA) is 0 Å². The normalized spacial score (nSPS) is 27.1. The lowest BCUT2D eigenvalue weighted by atomic mass is 9.78. The lowest BCUT2D eigenvalue weighted by molar-refractivity contribution is -0.349. The molecule has 0 unspecified atom stereocenters. The Morgan fingerprint density at radius 2 is 1.13 bits per heavy atom. The Balaban J connectivity index is 3.20. The summed E-state index contributed by atoms with van der Waals surface area (Å²) in [5.41, 5.74) is -2.91. The summed E-state index contributed by atoms with van der Waals surface area (Å²) < 4.78 is 107. The van der Waals surface area contributed by atoms with Crippen LogP contribution in [-0.2, 0) is 0 Å². The number of hydrogen-bond acceptors (Lipinski definition) is 0. The van der Waals surface area contributed by atoms with Crippen LogP contribution in [0.4, 0.5) is 39.5 Å². The van der Waals surface area contributed by atoms with Crippen molar-refractivity contribution in [1.29, 1.82) is 0 Å². The van der Waals surface area contributed by atoms with Gasteiger partial charge in [0.1, 0.15) is 0 Å². The van der Waals surface area contributed by atoms with Crippen LogP contribution < -0.4 is 0 Å². The van der Waals surface area contributed by atoms with Gasteiger partial charge in [0.2, 0.25) is 0 Å². The molecule has 0 aliphatic heterocycles. The molecule has 1 aliphatic carbocycles. The van der Waals surface area contributed by atoms with Crippen LogP contribution in [0.2, 0.25) is 0 Å². The van der Waals surface area contributed by atoms with E-state index in [0.29, 0.717) is 0 Å². The maximum atomic E-state index is 12.2. The van der Waals surface area contributed by atoms with Crippen LogP contribution in [0.5, 0.6) is 0 Å². The highest BCUT2D eigenvalue weighted by atomic mass is 19.4. The number of halogens is 9. The van der Waals surface area contributed by atoms with Crippen LogP contribution in [0.3, 0.4) is 0 Å². The van der Waals surface area contributed by atoms with E-state index in [2.05, 4.69) is 0 Å². The molecule has 0 saturated heterocycles. The first-order valence-corrected chi connectivity index (χ1v) is 3.28. The fourth-order valence-corrected chi connectivity index (χ4v) is 1.02. The van der Waals surface area contributed by atoms with Crippen molar-refractivity contribution in [1.82, 2.24) is 0 Å². The van der Waals surface area contributed by atoms with Gasteiger partial charge in [0, 0.05) is 6.08 Å². The summed E-state index contributed by atoms with van der Waals surface area (Å²) in [4.78, 5) is 0. The molecule has 0 N–H and O–H groups in total. The zero-order chi connectivity index (χ0) is 12.3. The van der Waals surface area contributed by atoms with E-state index in [-0.39, 0.29) is 0 Å². The van der Waals surface area contributed by atoms with Gasteiger partial charge in [-0.15, -0.1) is 0 Å². The van der Waals surface area contributed by atoms with Crippen molar-refractivity contribution in [2.45, 2.75) is 23.9 Å². The number of rotatable bonds is 0. The molecule has 0 radical (unpaired) electrons. The van der Waals surface area contributed by atoms with Gasteiger partial charge in [0.25, 0.3) is 0 Å². The van der Waals surface area contributed by atoms with Crippen LogP contribution >= 0.6 is 0 Å². The molecule has 0 aromatic rings. The van der Waals surface area contributed by atoms with Crippen LogP contribution in [0.15, 0.2) is 11.6 Å². The van der Waals surface area contributed by atoms with Crippen molar-refractivity contribution in [3.63, 3.8) is 0 Å². The fourth-order valence-electron chi connectivity index (χ4n) is 1.02. The second-order valence-electron chi connectivity index (χ2n) is 2.82. The molecule has 88 valence electrons. The monoisotopic (exact) mass is 244 g/mol. The van der Waals surface area contributed by atoms with E-state index in [9.17, 15) is 39.5 Å². The lowest BCUT2D eigenvalue weighted by Crippen LogP contribution is -2.69. The average molecular weight is 244 g/mol. The summed E-state index contributed by atoms with van der Waals surface area (Å²) in [6.45, 7) is 0. The van der Waals surface area contributed by atoms with Crippen molar-refractivity contribution in [2.24, 2.45) is 0 Å².